The summed E-state index contributed by atoms with van der Waals surface area (Å²) >= 11 is 9.10. The van der Waals surface area contributed by atoms with Gasteiger partial charge in [-0.3, -0.25) is 20.4 Å². The molecule has 0 saturated heterocycles. The Kier molecular flexibility index (Phi) is 7.09. The number of carbonyl (C=O) groups excluding carboxylic acids is 2. The summed E-state index contributed by atoms with van der Waals surface area (Å²) in [5.41, 5.74) is 5.42. The number of carbonyl (C=O) groups is 2. The zero-order valence-electron chi connectivity index (χ0n) is 13.3. The molecule has 8 heteroatoms. The molecule has 2 aromatic carbocycles. The number of hydrogen-bond acceptors (Lipinski definition) is 4. The van der Waals surface area contributed by atoms with Crippen molar-refractivity contribution in [2.24, 2.45) is 0 Å². The molecule has 0 bridgehead atoms. The van der Waals surface area contributed by atoms with Gasteiger partial charge in [-0.05, 0) is 52.7 Å². The van der Waals surface area contributed by atoms with Crippen LogP contribution in [-0.2, 0) is 9.59 Å². The molecule has 2 amide bonds. The third-order valence-corrected chi connectivity index (χ3v) is 3.90. The van der Waals surface area contributed by atoms with E-state index in [4.69, 9.17) is 21.1 Å². The summed E-state index contributed by atoms with van der Waals surface area (Å²) in [7, 11) is 0. The summed E-state index contributed by atoms with van der Waals surface area (Å²) in [5, 5.41) is 0.546. The maximum absolute atomic E-state index is 11.7. The van der Waals surface area contributed by atoms with Gasteiger partial charge in [-0.2, -0.15) is 0 Å². The molecule has 0 radical (unpaired) electrons. The van der Waals surface area contributed by atoms with Gasteiger partial charge in [0.25, 0.3) is 11.8 Å². The Morgan fingerprint density at radius 3 is 2.20 bits per heavy atom. The summed E-state index contributed by atoms with van der Waals surface area (Å²) in [6.07, 6.45) is 0. The van der Waals surface area contributed by atoms with E-state index in [2.05, 4.69) is 26.8 Å². The second kappa shape index (κ2) is 9.29. The lowest BCUT2D eigenvalue weighted by Gasteiger charge is -2.11. The largest absolute Gasteiger partial charge is 0.483 e. The number of halogens is 2. The van der Waals surface area contributed by atoms with Gasteiger partial charge in [-0.1, -0.05) is 29.8 Å². The lowest BCUT2D eigenvalue weighted by molar-refractivity contribution is -0.131. The third-order valence-electron chi connectivity index (χ3n) is 3.05. The van der Waals surface area contributed by atoms with Gasteiger partial charge in [-0.15, -0.1) is 0 Å². The van der Waals surface area contributed by atoms with Gasteiger partial charge in [0.15, 0.2) is 13.2 Å². The highest BCUT2D eigenvalue weighted by Gasteiger charge is 2.09. The van der Waals surface area contributed by atoms with Crippen LogP contribution < -0.4 is 20.3 Å². The van der Waals surface area contributed by atoms with Crippen LogP contribution in [0.4, 0.5) is 0 Å². The number of benzene rings is 2. The Morgan fingerprint density at radius 2 is 1.60 bits per heavy atom. The fourth-order valence-electron chi connectivity index (χ4n) is 1.81. The van der Waals surface area contributed by atoms with E-state index in [0.717, 1.165) is 5.56 Å². The average Bonchev–Trinajstić information content (AvgIpc) is 2.58. The lowest BCUT2D eigenvalue weighted by Crippen LogP contribution is -2.45. The number of aryl methyl sites for hydroxylation is 1. The minimum absolute atomic E-state index is 0.214. The van der Waals surface area contributed by atoms with Gasteiger partial charge in [0, 0.05) is 5.02 Å². The molecular weight excluding hydrogens is 412 g/mol. The SMILES string of the molecule is Cc1ccccc1OCC(=O)NNC(=O)COc1ccc(Cl)cc1Br. The molecule has 132 valence electrons. The molecule has 0 aliphatic rings. The molecule has 0 fully saturated rings. The highest BCUT2D eigenvalue weighted by Crippen LogP contribution is 2.27. The molecule has 6 nitrogen and oxygen atoms in total. The third kappa shape index (κ3) is 6.28. The molecule has 25 heavy (non-hydrogen) atoms. The first-order valence-corrected chi connectivity index (χ1v) is 8.47. The Labute approximate surface area is 158 Å². The summed E-state index contributed by atoms with van der Waals surface area (Å²) in [5.74, 6) is 0.0871. The second-order valence-electron chi connectivity index (χ2n) is 5.01. The Hall–Kier alpha value is -2.25. The van der Waals surface area contributed by atoms with Crippen molar-refractivity contribution in [1.82, 2.24) is 10.9 Å². The van der Waals surface area contributed by atoms with Crippen molar-refractivity contribution in [3.05, 3.63) is 57.5 Å². The van der Waals surface area contributed by atoms with Gasteiger partial charge in [0.2, 0.25) is 0 Å². The van der Waals surface area contributed by atoms with E-state index in [1.807, 2.05) is 25.1 Å². The summed E-state index contributed by atoms with van der Waals surface area (Å²) < 4.78 is 11.3. The molecular formula is C17H16BrClN2O4. The molecule has 2 rings (SSSR count). The van der Waals surface area contributed by atoms with Crippen LogP contribution in [0.3, 0.4) is 0 Å². The number of nitrogens with one attached hydrogen (secondary N) is 2. The smallest absolute Gasteiger partial charge is 0.276 e. The molecule has 0 aliphatic carbocycles. The zero-order chi connectivity index (χ0) is 18.2. The van der Waals surface area contributed by atoms with Gasteiger partial charge in [0.1, 0.15) is 11.5 Å². The number of hydrogen-bond donors (Lipinski definition) is 2. The van der Waals surface area contributed by atoms with Crippen molar-refractivity contribution in [3.8, 4) is 11.5 Å². The van der Waals surface area contributed by atoms with Gasteiger partial charge in [-0.25, -0.2) is 0 Å². The van der Waals surface area contributed by atoms with Crippen molar-refractivity contribution in [3.63, 3.8) is 0 Å². The molecule has 0 spiro atoms. The van der Waals surface area contributed by atoms with Crippen LogP contribution >= 0.6 is 27.5 Å². The van der Waals surface area contributed by atoms with E-state index in [-0.39, 0.29) is 13.2 Å². The van der Waals surface area contributed by atoms with Crippen LogP contribution in [0.15, 0.2) is 46.9 Å². The lowest BCUT2D eigenvalue weighted by atomic mass is 10.2. The molecule has 0 atom stereocenters. The quantitative estimate of drug-likeness (QED) is 0.695. The van der Waals surface area contributed by atoms with Crippen molar-refractivity contribution in [2.75, 3.05) is 13.2 Å². The van der Waals surface area contributed by atoms with E-state index in [9.17, 15) is 9.59 Å². The molecule has 0 heterocycles. The number of amides is 2. The Morgan fingerprint density at radius 1 is 1.00 bits per heavy atom. The number of hydrazine groups is 1. The van der Waals surface area contributed by atoms with Crippen molar-refractivity contribution in [2.45, 2.75) is 6.92 Å². The standard InChI is InChI=1S/C17H16BrClN2O4/c1-11-4-2-3-5-14(11)24-9-16(22)20-21-17(23)10-25-15-7-6-12(19)8-13(15)18/h2-8H,9-10H2,1H3,(H,20,22)(H,21,23). The van der Waals surface area contributed by atoms with E-state index in [1.165, 1.54) is 0 Å². The van der Waals surface area contributed by atoms with Crippen molar-refractivity contribution in [1.29, 1.82) is 0 Å². The fraction of sp³-hybridized carbons (Fsp3) is 0.176. The van der Waals surface area contributed by atoms with Gasteiger partial charge >= 0.3 is 0 Å². The van der Waals surface area contributed by atoms with Crippen LogP contribution in [0.1, 0.15) is 5.56 Å². The average molecular weight is 428 g/mol. The topological polar surface area (TPSA) is 76.7 Å². The summed E-state index contributed by atoms with van der Waals surface area (Å²) in [6.45, 7) is 1.40. The maximum atomic E-state index is 11.7. The van der Waals surface area contributed by atoms with E-state index in [0.29, 0.717) is 21.0 Å². The van der Waals surface area contributed by atoms with Crippen LogP contribution in [0, 0.1) is 6.92 Å². The van der Waals surface area contributed by atoms with Crippen LogP contribution in [0.25, 0.3) is 0 Å². The number of para-hydroxylation sites is 1. The van der Waals surface area contributed by atoms with E-state index < -0.39 is 11.8 Å². The molecule has 2 N–H and O–H groups in total. The Bertz CT molecular complexity index is 770. The van der Waals surface area contributed by atoms with Crippen LogP contribution in [0.5, 0.6) is 11.5 Å². The maximum Gasteiger partial charge on any atom is 0.276 e. The van der Waals surface area contributed by atoms with Crippen molar-refractivity contribution < 1.29 is 19.1 Å². The van der Waals surface area contributed by atoms with E-state index >= 15 is 0 Å². The predicted molar refractivity (Wildman–Crippen MR) is 97.6 cm³/mol. The van der Waals surface area contributed by atoms with Crippen molar-refractivity contribution >= 4 is 39.3 Å². The van der Waals surface area contributed by atoms with Gasteiger partial charge < -0.3 is 9.47 Å². The molecule has 0 aromatic heterocycles. The highest BCUT2D eigenvalue weighted by molar-refractivity contribution is 9.10. The normalized spacial score (nSPS) is 10.0. The first-order chi connectivity index (χ1) is 12.0. The highest BCUT2D eigenvalue weighted by atomic mass is 79.9. The minimum atomic E-state index is -0.508. The monoisotopic (exact) mass is 426 g/mol. The molecule has 0 unspecified atom stereocenters. The zero-order valence-corrected chi connectivity index (χ0v) is 15.7. The van der Waals surface area contributed by atoms with E-state index in [1.54, 1.807) is 24.3 Å². The van der Waals surface area contributed by atoms with Gasteiger partial charge in [0.05, 0.1) is 4.47 Å². The second-order valence-corrected chi connectivity index (χ2v) is 6.30. The van der Waals surface area contributed by atoms with Crippen LogP contribution in [0.2, 0.25) is 5.02 Å². The molecule has 0 saturated carbocycles. The minimum Gasteiger partial charge on any atom is -0.483 e. The number of rotatable bonds is 6. The first-order valence-electron chi connectivity index (χ1n) is 7.29. The summed E-state index contributed by atoms with van der Waals surface area (Å²) in [6, 6.07) is 12.3. The van der Waals surface area contributed by atoms with Crippen LogP contribution in [-0.4, -0.2) is 25.0 Å². The fourth-order valence-corrected chi connectivity index (χ4v) is 2.61. The Balaban J connectivity index is 1.70. The molecule has 0 aliphatic heterocycles. The summed E-state index contributed by atoms with van der Waals surface area (Å²) in [4.78, 5) is 23.4. The number of ether oxygens (including phenoxy) is 2. The predicted octanol–water partition coefficient (Wildman–Crippen LogP) is 3.02. The first kappa shape index (κ1) is 19.1. The molecule has 2 aromatic rings.